The topological polar surface area (TPSA) is 46.3 Å². The van der Waals surface area contributed by atoms with E-state index in [0.717, 1.165) is 35.0 Å². The predicted octanol–water partition coefficient (Wildman–Crippen LogP) is 3.38. The third-order valence-electron chi connectivity index (χ3n) is 4.02. The van der Waals surface area contributed by atoms with Gasteiger partial charge in [0.1, 0.15) is 0 Å². The van der Waals surface area contributed by atoms with Crippen LogP contribution in [0.3, 0.4) is 0 Å². The van der Waals surface area contributed by atoms with E-state index in [1.165, 1.54) is 0 Å². The van der Waals surface area contributed by atoms with Crippen molar-refractivity contribution >= 4 is 34.2 Å². The molecule has 2 unspecified atom stereocenters. The summed E-state index contributed by atoms with van der Waals surface area (Å²) in [6.07, 6.45) is 2.23. The molecule has 5 heteroatoms. The molecule has 1 fully saturated rings. The maximum Gasteiger partial charge on any atom is 0.254 e. The van der Waals surface area contributed by atoms with Gasteiger partial charge in [0.15, 0.2) is 0 Å². The summed E-state index contributed by atoms with van der Waals surface area (Å²) in [6, 6.07) is 5.93. The normalized spacial score (nSPS) is 22.3. The molecule has 1 aliphatic heterocycles. The molecule has 20 heavy (non-hydrogen) atoms. The molecule has 1 aliphatic rings. The summed E-state index contributed by atoms with van der Waals surface area (Å²) in [5.41, 5.74) is 7.69. The summed E-state index contributed by atoms with van der Waals surface area (Å²) < 4.78 is 1.03. The van der Waals surface area contributed by atoms with E-state index < -0.39 is 0 Å². The van der Waals surface area contributed by atoms with Gasteiger partial charge in [-0.05, 0) is 49.4 Å². The Morgan fingerprint density at radius 1 is 1.50 bits per heavy atom. The fourth-order valence-corrected chi connectivity index (χ4v) is 3.05. The lowest BCUT2D eigenvalue weighted by Crippen LogP contribution is -2.51. The van der Waals surface area contributed by atoms with Crippen molar-refractivity contribution in [3.05, 3.63) is 33.8 Å². The van der Waals surface area contributed by atoms with E-state index in [-0.39, 0.29) is 24.4 Å². The van der Waals surface area contributed by atoms with E-state index in [9.17, 15) is 4.79 Å². The number of rotatable bonds is 2. The number of carbonyl (C=O) groups excluding carboxylic acids is 1. The first kappa shape index (κ1) is 17.5. The van der Waals surface area contributed by atoms with Gasteiger partial charge in [0.25, 0.3) is 5.91 Å². The van der Waals surface area contributed by atoms with Crippen LogP contribution < -0.4 is 5.73 Å². The average molecular weight is 362 g/mol. The van der Waals surface area contributed by atoms with Gasteiger partial charge in [-0.1, -0.05) is 22.9 Å². The number of amides is 1. The number of carbonyl (C=O) groups is 1. The van der Waals surface area contributed by atoms with Crippen molar-refractivity contribution in [3.8, 4) is 0 Å². The van der Waals surface area contributed by atoms with Crippen LogP contribution >= 0.6 is 28.3 Å². The van der Waals surface area contributed by atoms with Gasteiger partial charge in [0.05, 0.1) is 0 Å². The molecule has 0 aromatic heterocycles. The minimum atomic E-state index is 0. The summed E-state index contributed by atoms with van der Waals surface area (Å²) in [6.45, 7) is 5.55. The number of likely N-dealkylation sites (tertiary alicyclic amines) is 1. The Morgan fingerprint density at radius 2 is 2.20 bits per heavy atom. The number of hydrogen-bond acceptors (Lipinski definition) is 2. The number of piperidine rings is 1. The molecule has 1 saturated heterocycles. The summed E-state index contributed by atoms with van der Waals surface area (Å²) in [4.78, 5) is 14.6. The molecule has 0 bridgehead atoms. The van der Waals surface area contributed by atoms with Crippen molar-refractivity contribution in [1.29, 1.82) is 0 Å². The highest BCUT2D eigenvalue weighted by Crippen LogP contribution is 2.25. The molecule has 0 aliphatic carbocycles. The van der Waals surface area contributed by atoms with E-state index in [4.69, 9.17) is 5.73 Å². The highest BCUT2D eigenvalue weighted by molar-refractivity contribution is 9.10. The number of hydrogen-bond donors (Lipinski definition) is 1. The van der Waals surface area contributed by atoms with E-state index in [2.05, 4.69) is 22.9 Å². The van der Waals surface area contributed by atoms with Crippen molar-refractivity contribution in [1.82, 2.24) is 4.90 Å². The number of halogens is 2. The lowest BCUT2D eigenvalue weighted by molar-refractivity contribution is 0.0532. The Balaban J connectivity index is 0.00000200. The minimum absolute atomic E-state index is 0. The summed E-state index contributed by atoms with van der Waals surface area (Å²) in [5, 5.41) is 0. The molecular weight excluding hydrogens is 340 g/mol. The van der Waals surface area contributed by atoms with Crippen LogP contribution in [0.2, 0.25) is 0 Å². The Hall–Kier alpha value is -0.580. The smallest absolute Gasteiger partial charge is 0.254 e. The Labute approximate surface area is 135 Å². The first-order valence-corrected chi connectivity index (χ1v) is 7.61. The first-order valence-electron chi connectivity index (χ1n) is 6.81. The third-order valence-corrected chi connectivity index (χ3v) is 4.91. The molecule has 1 heterocycles. The summed E-state index contributed by atoms with van der Waals surface area (Å²) in [7, 11) is 0. The van der Waals surface area contributed by atoms with Crippen molar-refractivity contribution < 1.29 is 4.79 Å². The second-order valence-electron chi connectivity index (χ2n) is 5.39. The molecule has 2 N–H and O–H groups in total. The van der Waals surface area contributed by atoms with Crippen LogP contribution in [0.4, 0.5) is 0 Å². The SMILES string of the molecule is Cc1cc(C(=O)N2CCCC(C)C2CN)ccc1Br.Cl. The maximum atomic E-state index is 12.6. The van der Waals surface area contributed by atoms with Crippen LogP contribution in [0.25, 0.3) is 0 Å². The Bertz CT molecular complexity index is 481. The summed E-state index contributed by atoms with van der Waals surface area (Å²) in [5.74, 6) is 0.594. The van der Waals surface area contributed by atoms with Crippen LogP contribution in [0.15, 0.2) is 22.7 Å². The molecule has 1 aromatic carbocycles. The molecule has 112 valence electrons. The number of benzene rings is 1. The van der Waals surface area contributed by atoms with Crippen molar-refractivity contribution in [2.75, 3.05) is 13.1 Å². The number of aryl methyl sites for hydroxylation is 1. The molecular formula is C15H22BrClN2O. The second kappa shape index (κ2) is 7.43. The van der Waals surface area contributed by atoms with Gasteiger partial charge in [0.2, 0.25) is 0 Å². The van der Waals surface area contributed by atoms with Gasteiger partial charge in [-0.15, -0.1) is 12.4 Å². The van der Waals surface area contributed by atoms with Gasteiger partial charge in [-0.2, -0.15) is 0 Å². The van der Waals surface area contributed by atoms with Crippen molar-refractivity contribution in [2.24, 2.45) is 11.7 Å². The molecule has 2 atom stereocenters. The zero-order valence-electron chi connectivity index (χ0n) is 11.9. The first-order chi connectivity index (χ1) is 9.04. The van der Waals surface area contributed by atoms with Crippen LogP contribution in [0.1, 0.15) is 35.7 Å². The number of nitrogens with two attached hydrogens (primary N) is 1. The molecule has 1 aromatic rings. The van der Waals surface area contributed by atoms with Gasteiger partial charge in [-0.25, -0.2) is 0 Å². The second-order valence-corrected chi connectivity index (χ2v) is 6.24. The Kier molecular flexibility index (Phi) is 6.49. The molecule has 3 nitrogen and oxygen atoms in total. The van der Waals surface area contributed by atoms with Gasteiger partial charge in [-0.3, -0.25) is 4.79 Å². The van der Waals surface area contributed by atoms with E-state index in [1.54, 1.807) is 0 Å². The quantitative estimate of drug-likeness (QED) is 0.878. The highest BCUT2D eigenvalue weighted by atomic mass is 79.9. The largest absolute Gasteiger partial charge is 0.334 e. The van der Waals surface area contributed by atoms with Crippen molar-refractivity contribution in [2.45, 2.75) is 32.7 Å². The fraction of sp³-hybridized carbons (Fsp3) is 0.533. The van der Waals surface area contributed by atoms with Gasteiger partial charge >= 0.3 is 0 Å². The lowest BCUT2D eigenvalue weighted by atomic mass is 9.90. The molecule has 1 amide bonds. The van der Waals surface area contributed by atoms with Gasteiger partial charge < -0.3 is 10.6 Å². The van der Waals surface area contributed by atoms with E-state index in [1.807, 2.05) is 30.0 Å². The standard InChI is InChI=1S/C15H21BrN2O.ClH/c1-10-4-3-7-18(14(10)9-17)15(19)12-5-6-13(16)11(2)8-12;/h5-6,8,10,14H,3-4,7,9,17H2,1-2H3;1H. The van der Waals surface area contributed by atoms with Crippen LogP contribution in [0.5, 0.6) is 0 Å². The van der Waals surface area contributed by atoms with Crippen LogP contribution in [-0.4, -0.2) is 29.9 Å². The lowest BCUT2D eigenvalue weighted by Gasteiger charge is -2.39. The van der Waals surface area contributed by atoms with E-state index >= 15 is 0 Å². The fourth-order valence-electron chi connectivity index (χ4n) is 2.80. The van der Waals surface area contributed by atoms with Crippen molar-refractivity contribution in [3.63, 3.8) is 0 Å². The predicted molar refractivity (Wildman–Crippen MR) is 88.4 cm³/mol. The molecule has 0 radical (unpaired) electrons. The third kappa shape index (κ3) is 3.54. The van der Waals surface area contributed by atoms with E-state index in [0.29, 0.717) is 12.5 Å². The monoisotopic (exact) mass is 360 g/mol. The maximum absolute atomic E-state index is 12.6. The highest BCUT2D eigenvalue weighted by Gasteiger charge is 2.31. The zero-order chi connectivity index (χ0) is 14.0. The molecule has 2 rings (SSSR count). The average Bonchev–Trinajstić information content (AvgIpc) is 2.40. The Morgan fingerprint density at radius 3 is 2.80 bits per heavy atom. The molecule has 0 saturated carbocycles. The van der Waals surface area contributed by atoms with Crippen LogP contribution in [0, 0.1) is 12.8 Å². The summed E-state index contributed by atoms with van der Waals surface area (Å²) >= 11 is 3.46. The molecule has 0 spiro atoms. The minimum Gasteiger partial charge on any atom is -0.334 e. The number of nitrogens with zero attached hydrogens (tertiary/aromatic N) is 1. The van der Waals surface area contributed by atoms with Gasteiger partial charge in [0, 0.05) is 29.2 Å². The zero-order valence-corrected chi connectivity index (χ0v) is 14.3. The van der Waals surface area contributed by atoms with Crippen LogP contribution in [-0.2, 0) is 0 Å².